The average molecular weight is 311 g/mol. The zero-order valence-electron chi connectivity index (χ0n) is 13.4. The SMILES string of the molecule is Cc1ccc(NC(=O)C(C)N2CCOc3ccc(N)cc32)cc1. The molecule has 0 aromatic heterocycles. The van der Waals surface area contributed by atoms with Crippen LogP contribution in [-0.2, 0) is 4.79 Å². The van der Waals surface area contributed by atoms with Crippen LogP contribution in [0.2, 0.25) is 0 Å². The second-order valence-corrected chi connectivity index (χ2v) is 5.80. The van der Waals surface area contributed by atoms with E-state index in [1.165, 1.54) is 0 Å². The lowest BCUT2D eigenvalue weighted by molar-refractivity contribution is -0.117. The maximum atomic E-state index is 12.6. The van der Waals surface area contributed by atoms with E-state index in [-0.39, 0.29) is 11.9 Å². The van der Waals surface area contributed by atoms with Gasteiger partial charge in [0.05, 0.1) is 12.2 Å². The number of rotatable bonds is 3. The highest BCUT2D eigenvalue weighted by Crippen LogP contribution is 2.34. The number of fused-ring (bicyclic) bond motifs is 1. The zero-order valence-corrected chi connectivity index (χ0v) is 13.4. The molecule has 1 aliphatic heterocycles. The van der Waals surface area contributed by atoms with Crippen LogP contribution < -0.4 is 20.7 Å². The molecule has 1 atom stereocenters. The third kappa shape index (κ3) is 3.23. The molecule has 23 heavy (non-hydrogen) atoms. The summed E-state index contributed by atoms with van der Waals surface area (Å²) in [6.45, 7) is 5.11. The predicted molar refractivity (Wildman–Crippen MR) is 93.0 cm³/mol. The van der Waals surface area contributed by atoms with Gasteiger partial charge >= 0.3 is 0 Å². The summed E-state index contributed by atoms with van der Waals surface area (Å²) in [5.41, 5.74) is 9.36. The molecule has 1 heterocycles. The number of carbonyl (C=O) groups is 1. The molecule has 3 rings (SSSR count). The van der Waals surface area contributed by atoms with Crippen LogP contribution in [-0.4, -0.2) is 25.1 Å². The minimum Gasteiger partial charge on any atom is -0.490 e. The Morgan fingerprint density at radius 2 is 2.00 bits per heavy atom. The van der Waals surface area contributed by atoms with Crippen molar-refractivity contribution in [3.63, 3.8) is 0 Å². The molecule has 0 fully saturated rings. The molecule has 0 spiro atoms. The molecule has 0 saturated heterocycles. The molecule has 1 unspecified atom stereocenters. The molecule has 0 bridgehead atoms. The van der Waals surface area contributed by atoms with Gasteiger partial charge in [-0.15, -0.1) is 0 Å². The summed E-state index contributed by atoms with van der Waals surface area (Å²) in [6.07, 6.45) is 0. The van der Waals surface area contributed by atoms with Gasteiger partial charge in [-0.25, -0.2) is 0 Å². The van der Waals surface area contributed by atoms with Gasteiger partial charge in [-0.05, 0) is 44.2 Å². The van der Waals surface area contributed by atoms with Gasteiger partial charge in [0.15, 0.2) is 0 Å². The van der Waals surface area contributed by atoms with E-state index >= 15 is 0 Å². The summed E-state index contributed by atoms with van der Waals surface area (Å²) in [4.78, 5) is 14.6. The fourth-order valence-electron chi connectivity index (χ4n) is 2.68. The number of nitrogens with two attached hydrogens (primary N) is 1. The van der Waals surface area contributed by atoms with E-state index in [9.17, 15) is 4.79 Å². The van der Waals surface area contributed by atoms with Crippen molar-refractivity contribution >= 4 is 23.0 Å². The Balaban J connectivity index is 1.78. The molecule has 2 aromatic carbocycles. The minimum atomic E-state index is -0.319. The van der Waals surface area contributed by atoms with Gasteiger partial charge in [-0.2, -0.15) is 0 Å². The number of ether oxygens (including phenoxy) is 1. The van der Waals surface area contributed by atoms with E-state index in [2.05, 4.69) is 5.32 Å². The summed E-state index contributed by atoms with van der Waals surface area (Å²) in [7, 11) is 0. The molecule has 5 nitrogen and oxygen atoms in total. The highest BCUT2D eigenvalue weighted by Gasteiger charge is 2.27. The molecule has 0 radical (unpaired) electrons. The van der Waals surface area contributed by atoms with Crippen LogP contribution in [0.4, 0.5) is 17.1 Å². The number of nitrogens with zero attached hydrogens (tertiary/aromatic N) is 1. The fourth-order valence-corrected chi connectivity index (χ4v) is 2.68. The maximum Gasteiger partial charge on any atom is 0.246 e. The molecule has 2 aromatic rings. The summed E-state index contributed by atoms with van der Waals surface area (Å²) >= 11 is 0. The second-order valence-electron chi connectivity index (χ2n) is 5.80. The third-order valence-electron chi connectivity index (χ3n) is 4.05. The monoisotopic (exact) mass is 311 g/mol. The standard InChI is InChI=1S/C18H21N3O2/c1-12-3-6-15(7-4-12)20-18(22)13(2)21-9-10-23-17-8-5-14(19)11-16(17)21/h3-8,11,13H,9-10,19H2,1-2H3,(H,20,22). The molecular formula is C18H21N3O2. The van der Waals surface area contributed by atoms with Gasteiger partial charge in [0.25, 0.3) is 0 Å². The normalized spacial score (nSPS) is 14.6. The van der Waals surface area contributed by atoms with Crippen molar-refractivity contribution in [3.05, 3.63) is 48.0 Å². The maximum absolute atomic E-state index is 12.6. The third-order valence-corrected chi connectivity index (χ3v) is 4.05. The van der Waals surface area contributed by atoms with Crippen LogP contribution in [0.5, 0.6) is 5.75 Å². The zero-order chi connectivity index (χ0) is 16.4. The number of anilines is 3. The Hall–Kier alpha value is -2.69. The lowest BCUT2D eigenvalue weighted by Gasteiger charge is -2.35. The van der Waals surface area contributed by atoms with E-state index in [1.54, 1.807) is 6.07 Å². The molecule has 0 saturated carbocycles. The largest absolute Gasteiger partial charge is 0.490 e. The smallest absolute Gasteiger partial charge is 0.246 e. The van der Waals surface area contributed by atoms with Crippen LogP contribution in [0.1, 0.15) is 12.5 Å². The van der Waals surface area contributed by atoms with Crippen molar-refractivity contribution in [2.75, 3.05) is 29.1 Å². The number of hydrogen-bond donors (Lipinski definition) is 2. The van der Waals surface area contributed by atoms with E-state index in [0.29, 0.717) is 18.8 Å². The fraction of sp³-hybridized carbons (Fsp3) is 0.278. The first-order chi connectivity index (χ1) is 11.0. The summed E-state index contributed by atoms with van der Waals surface area (Å²) in [6, 6.07) is 13.0. The number of benzene rings is 2. The Kier molecular flexibility index (Phi) is 4.10. The highest BCUT2D eigenvalue weighted by atomic mass is 16.5. The van der Waals surface area contributed by atoms with Crippen molar-refractivity contribution < 1.29 is 9.53 Å². The predicted octanol–water partition coefficient (Wildman–Crippen LogP) is 2.80. The Labute approximate surface area is 136 Å². The van der Waals surface area contributed by atoms with Gasteiger partial charge < -0.3 is 20.7 Å². The molecule has 1 amide bonds. The van der Waals surface area contributed by atoms with Crippen LogP contribution in [0.15, 0.2) is 42.5 Å². The first kappa shape index (κ1) is 15.2. The highest BCUT2D eigenvalue weighted by molar-refractivity contribution is 5.97. The van der Waals surface area contributed by atoms with E-state index in [1.807, 2.05) is 55.1 Å². The minimum absolute atomic E-state index is 0.0517. The van der Waals surface area contributed by atoms with Crippen LogP contribution in [0, 0.1) is 6.92 Å². The molecule has 120 valence electrons. The quantitative estimate of drug-likeness (QED) is 0.855. The Morgan fingerprint density at radius 1 is 1.26 bits per heavy atom. The van der Waals surface area contributed by atoms with Crippen molar-refractivity contribution in [1.82, 2.24) is 0 Å². The number of carbonyl (C=O) groups excluding carboxylic acids is 1. The Morgan fingerprint density at radius 3 is 2.74 bits per heavy atom. The van der Waals surface area contributed by atoms with Crippen LogP contribution >= 0.6 is 0 Å². The first-order valence-electron chi connectivity index (χ1n) is 7.71. The lowest BCUT2D eigenvalue weighted by atomic mass is 10.1. The van der Waals surface area contributed by atoms with Gasteiger partial charge in [0, 0.05) is 11.4 Å². The molecule has 5 heteroatoms. The summed E-state index contributed by atoms with van der Waals surface area (Å²) in [5, 5.41) is 2.96. The lowest BCUT2D eigenvalue weighted by Crippen LogP contribution is -2.46. The van der Waals surface area contributed by atoms with Gasteiger partial charge in [0.1, 0.15) is 18.4 Å². The second kappa shape index (κ2) is 6.20. The summed E-state index contributed by atoms with van der Waals surface area (Å²) < 4.78 is 5.64. The number of hydrogen-bond acceptors (Lipinski definition) is 4. The number of nitrogens with one attached hydrogen (secondary N) is 1. The summed E-state index contributed by atoms with van der Waals surface area (Å²) in [5.74, 6) is 0.713. The molecule has 1 aliphatic rings. The van der Waals surface area contributed by atoms with Crippen molar-refractivity contribution in [3.8, 4) is 5.75 Å². The Bertz CT molecular complexity index is 713. The van der Waals surface area contributed by atoms with Crippen LogP contribution in [0.3, 0.4) is 0 Å². The van der Waals surface area contributed by atoms with Crippen molar-refractivity contribution in [1.29, 1.82) is 0 Å². The number of nitrogen functional groups attached to an aromatic ring is 1. The molecule has 0 aliphatic carbocycles. The van der Waals surface area contributed by atoms with Crippen LogP contribution in [0.25, 0.3) is 0 Å². The molecular weight excluding hydrogens is 290 g/mol. The van der Waals surface area contributed by atoms with Gasteiger partial charge in [-0.1, -0.05) is 17.7 Å². The van der Waals surface area contributed by atoms with Gasteiger partial charge in [0.2, 0.25) is 5.91 Å². The van der Waals surface area contributed by atoms with Gasteiger partial charge in [-0.3, -0.25) is 4.79 Å². The first-order valence-corrected chi connectivity index (χ1v) is 7.71. The topological polar surface area (TPSA) is 67.6 Å². The van der Waals surface area contributed by atoms with Crippen molar-refractivity contribution in [2.45, 2.75) is 19.9 Å². The van der Waals surface area contributed by atoms with E-state index in [0.717, 1.165) is 22.7 Å². The average Bonchev–Trinajstić information content (AvgIpc) is 2.55. The van der Waals surface area contributed by atoms with E-state index in [4.69, 9.17) is 10.5 Å². The van der Waals surface area contributed by atoms with E-state index < -0.39 is 0 Å². The number of aryl methyl sites for hydroxylation is 1. The number of amides is 1. The van der Waals surface area contributed by atoms with Crippen molar-refractivity contribution in [2.24, 2.45) is 0 Å². The molecule has 3 N–H and O–H groups in total.